The van der Waals surface area contributed by atoms with E-state index in [4.69, 9.17) is 10.5 Å². The highest BCUT2D eigenvalue weighted by Gasteiger charge is 2.12. The summed E-state index contributed by atoms with van der Waals surface area (Å²) in [5, 5.41) is 3.14. The van der Waals surface area contributed by atoms with Gasteiger partial charge in [0, 0.05) is 22.6 Å². The summed E-state index contributed by atoms with van der Waals surface area (Å²) in [7, 11) is 3.55. The number of hydrogen-bond acceptors (Lipinski definition) is 3. The van der Waals surface area contributed by atoms with Gasteiger partial charge in [-0.2, -0.15) is 0 Å². The Hall–Kier alpha value is -0.580. The molecule has 0 bridgehead atoms. The van der Waals surface area contributed by atoms with Crippen LogP contribution in [0.1, 0.15) is 11.6 Å². The van der Waals surface area contributed by atoms with Gasteiger partial charge in [-0.25, -0.2) is 0 Å². The molecule has 14 heavy (non-hydrogen) atoms. The zero-order valence-corrected chi connectivity index (χ0v) is 9.97. The van der Waals surface area contributed by atoms with Crippen LogP contribution in [-0.2, 0) is 0 Å². The number of nitrogens with one attached hydrogen (secondary N) is 1. The van der Waals surface area contributed by atoms with Gasteiger partial charge in [-0.05, 0) is 25.2 Å². The molecule has 0 aliphatic carbocycles. The number of methoxy groups -OCH3 is 1. The van der Waals surface area contributed by atoms with Crippen LogP contribution in [0.15, 0.2) is 22.7 Å². The molecule has 0 spiro atoms. The maximum Gasteiger partial charge on any atom is 0.123 e. The molecule has 0 amide bonds. The number of halogens is 1. The van der Waals surface area contributed by atoms with Crippen molar-refractivity contribution in [2.75, 3.05) is 20.7 Å². The second kappa shape index (κ2) is 5.34. The van der Waals surface area contributed by atoms with Crippen molar-refractivity contribution in [1.29, 1.82) is 0 Å². The molecule has 3 N–H and O–H groups in total. The van der Waals surface area contributed by atoms with Gasteiger partial charge in [-0.3, -0.25) is 0 Å². The monoisotopic (exact) mass is 258 g/mol. The van der Waals surface area contributed by atoms with Crippen molar-refractivity contribution in [3.05, 3.63) is 28.2 Å². The minimum Gasteiger partial charge on any atom is -0.496 e. The lowest BCUT2D eigenvalue weighted by Gasteiger charge is -2.17. The SMILES string of the molecule is CN[C@H](CN)c1cc(Br)ccc1OC. The quantitative estimate of drug-likeness (QED) is 0.864. The molecule has 0 heterocycles. The maximum atomic E-state index is 5.66. The first-order valence-corrected chi connectivity index (χ1v) is 5.23. The summed E-state index contributed by atoms with van der Waals surface area (Å²) in [6.07, 6.45) is 0. The standard InChI is InChI=1S/C10H15BrN2O/c1-13-9(6-12)8-5-7(11)3-4-10(8)14-2/h3-5,9,13H,6,12H2,1-2H3/t9-/m1/s1. The second-order valence-electron chi connectivity index (χ2n) is 2.96. The molecular formula is C10H15BrN2O. The van der Waals surface area contributed by atoms with Gasteiger partial charge >= 0.3 is 0 Å². The van der Waals surface area contributed by atoms with Crippen molar-refractivity contribution < 1.29 is 4.74 Å². The van der Waals surface area contributed by atoms with E-state index in [1.807, 2.05) is 25.2 Å². The summed E-state index contributed by atoms with van der Waals surface area (Å²) < 4.78 is 6.30. The molecule has 4 heteroatoms. The van der Waals surface area contributed by atoms with E-state index in [0.717, 1.165) is 15.8 Å². The Morgan fingerprint density at radius 1 is 1.57 bits per heavy atom. The molecule has 1 atom stereocenters. The van der Waals surface area contributed by atoms with Crippen molar-refractivity contribution in [3.8, 4) is 5.75 Å². The van der Waals surface area contributed by atoms with Gasteiger partial charge in [0.05, 0.1) is 7.11 Å². The Morgan fingerprint density at radius 3 is 2.79 bits per heavy atom. The minimum absolute atomic E-state index is 0.127. The Labute approximate surface area is 92.8 Å². The van der Waals surface area contributed by atoms with Gasteiger partial charge in [0.1, 0.15) is 5.75 Å². The van der Waals surface area contributed by atoms with E-state index < -0.39 is 0 Å². The average Bonchev–Trinajstić information content (AvgIpc) is 2.20. The predicted molar refractivity (Wildman–Crippen MR) is 61.5 cm³/mol. The lowest BCUT2D eigenvalue weighted by Crippen LogP contribution is -2.25. The first kappa shape index (κ1) is 11.5. The number of hydrogen-bond donors (Lipinski definition) is 2. The van der Waals surface area contributed by atoms with Gasteiger partial charge in [0.2, 0.25) is 0 Å². The van der Waals surface area contributed by atoms with Crippen LogP contribution in [0.4, 0.5) is 0 Å². The number of likely N-dealkylation sites (N-methyl/N-ethyl adjacent to an activating group) is 1. The molecule has 78 valence electrons. The van der Waals surface area contributed by atoms with Crippen LogP contribution in [0.25, 0.3) is 0 Å². The average molecular weight is 259 g/mol. The molecule has 0 radical (unpaired) electrons. The number of nitrogens with two attached hydrogens (primary N) is 1. The van der Waals surface area contributed by atoms with Gasteiger partial charge < -0.3 is 15.8 Å². The summed E-state index contributed by atoms with van der Waals surface area (Å²) in [5.41, 5.74) is 6.73. The molecule has 0 fully saturated rings. The van der Waals surface area contributed by atoms with Gasteiger partial charge in [-0.1, -0.05) is 15.9 Å². The van der Waals surface area contributed by atoms with E-state index in [1.165, 1.54) is 0 Å². The van der Waals surface area contributed by atoms with Crippen LogP contribution < -0.4 is 15.8 Å². The Kier molecular flexibility index (Phi) is 4.38. The van der Waals surface area contributed by atoms with E-state index in [9.17, 15) is 0 Å². The molecule has 1 rings (SSSR count). The highest BCUT2D eigenvalue weighted by molar-refractivity contribution is 9.10. The summed E-state index contributed by atoms with van der Waals surface area (Å²) in [5.74, 6) is 0.859. The molecule has 0 unspecified atom stereocenters. The largest absolute Gasteiger partial charge is 0.496 e. The Bertz CT molecular complexity index is 300. The van der Waals surface area contributed by atoms with Gasteiger partial charge in [-0.15, -0.1) is 0 Å². The third-order valence-electron chi connectivity index (χ3n) is 2.15. The molecule has 3 nitrogen and oxygen atoms in total. The van der Waals surface area contributed by atoms with Crippen LogP contribution in [0.2, 0.25) is 0 Å². The maximum absolute atomic E-state index is 5.66. The minimum atomic E-state index is 0.127. The smallest absolute Gasteiger partial charge is 0.123 e. The third-order valence-corrected chi connectivity index (χ3v) is 2.64. The zero-order chi connectivity index (χ0) is 10.6. The molecule has 0 aromatic heterocycles. The first-order chi connectivity index (χ1) is 6.72. The number of benzene rings is 1. The van der Waals surface area contributed by atoms with Gasteiger partial charge in [0.15, 0.2) is 0 Å². The molecule has 0 aliphatic heterocycles. The Morgan fingerprint density at radius 2 is 2.29 bits per heavy atom. The van der Waals surface area contributed by atoms with E-state index in [-0.39, 0.29) is 6.04 Å². The van der Waals surface area contributed by atoms with Crippen LogP contribution in [-0.4, -0.2) is 20.7 Å². The zero-order valence-electron chi connectivity index (χ0n) is 8.38. The van der Waals surface area contributed by atoms with Crippen LogP contribution in [0.3, 0.4) is 0 Å². The molecule has 1 aromatic rings. The van der Waals surface area contributed by atoms with Crippen molar-refractivity contribution in [1.82, 2.24) is 5.32 Å². The summed E-state index contributed by atoms with van der Waals surface area (Å²) >= 11 is 3.43. The van der Waals surface area contributed by atoms with Crippen molar-refractivity contribution in [2.45, 2.75) is 6.04 Å². The molecule has 0 aliphatic rings. The lowest BCUT2D eigenvalue weighted by atomic mass is 10.1. The molecule has 0 saturated carbocycles. The summed E-state index contributed by atoms with van der Waals surface area (Å²) in [6.45, 7) is 0.545. The fourth-order valence-electron chi connectivity index (χ4n) is 1.38. The summed E-state index contributed by atoms with van der Waals surface area (Å²) in [4.78, 5) is 0. The highest BCUT2D eigenvalue weighted by Crippen LogP contribution is 2.27. The fraction of sp³-hybridized carbons (Fsp3) is 0.400. The van der Waals surface area contributed by atoms with E-state index in [2.05, 4.69) is 21.2 Å². The predicted octanol–water partition coefficient (Wildman–Crippen LogP) is 1.68. The van der Waals surface area contributed by atoms with E-state index >= 15 is 0 Å². The molecule has 0 saturated heterocycles. The number of ether oxygens (including phenoxy) is 1. The molecular weight excluding hydrogens is 244 g/mol. The van der Waals surface area contributed by atoms with E-state index in [0.29, 0.717) is 6.54 Å². The van der Waals surface area contributed by atoms with Gasteiger partial charge in [0.25, 0.3) is 0 Å². The summed E-state index contributed by atoms with van der Waals surface area (Å²) in [6, 6.07) is 6.03. The van der Waals surface area contributed by atoms with Crippen LogP contribution in [0, 0.1) is 0 Å². The number of rotatable bonds is 4. The fourth-order valence-corrected chi connectivity index (χ4v) is 1.76. The van der Waals surface area contributed by atoms with Crippen molar-refractivity contribution in [3.63, 3.8) is 0 Å². The van der Waals surface area contributed by atoms with E-state index in [1.54, 1.807) is 7.11 Å². The topological polar surface area (TPSA) is 47.3 Å². The second-order valence-corrected chi connectivity index (χ2v) is 3.88. The highest BCUT2D eigenvalue weighted by atomic mass is 79.9. The normalized spacial score (nSPS) is 12.6. The Balaban J connectivity index is 3.08. The first-order valence-electron chi connectivity index (χ1n) is 4.43. The van der Waals surface area contributed by atoms with Crippen LogP contribution in [0.5, 0.6) is 5.75 Å². The third kappa shape index (κ3) is 2.47. The van der Waals surface area contributed by atoms with Crippen molar-refractivity contribution in [2.24, 2.45) is 5.73 Å². The van der Waals surface area contributed by atoms with Crippen LogP contribution >= 0.6 is 15.9 Å². The lowest BCUT2D eigenvalue weighted by molar-refractivity contribution is 0.402. The van der Waals surface area contributed by atoms with Crippen molar-refractivity contribution >= 4 is 15.9 Å². The molecule has 1 aromatic carbocycles.